The fraction of sp³-hybridized carbons (Fsp3) is 0.562. The minimum absolute atomic E-state index is 0.236. The SMILES string of the molecule is Fc1ccc2c(c1)nc(CCCl)n2CCN1CCCCC1. The summed E-state index contributed by atoms with van der Waals surface area (Å²) >= 11 is 5.88. The molecule has 1 aliphatic heterocycles. The summed E-state index contributed by atoms with van der Waals surface area (Å²) in [6.45, 7) is 4.30. The van der Waals surface area contributed by atoms with E-state index < -0.39 is 0 Å². The molecule has 0 saturated carbocycles. The van der Waals surface area contributed by atoms with Crippen LogP contribution < -0.4 is 0 Å². The lowest BCUT2D eigenvalue weighted by molar-refractivity contribution is 0.221. The molecule has 0 bridgehead atoms. The van der Waals surface area contributed by atoms with Gasteiger partial charge in [0.2, 0.25) is 0 Å². The van der Waals surface area contributed by atoms with Gasteiger partial charge in [0.25, 0.3) is 0 Å². The zero-order chi connectivity index (χ0) is 14.7. The molecule has 0 unspecified atom stereocenters. The topological polar surface area (TPSA) is 21.1 Å². The number of imidazole rings is 1. The van der Waals surface area contributed by atoms with E-state index in [1.54, 1.807) is 0 Å². The zero-order valence-corrected chi connectivity index (χ0v) is 12.9. The molecule has 114 valence electrons. The lowest BCUT2D eigenvalue weighted by Crippen LogP contribution is -2.32. The molecule has 21 heavy (non-hydrogen) atoms. The molecule has 0 N–H and O–H groups in total. The molecule has 0 spiro atoms. The third kappa shape index (κ3) is 3.38. The van der Waals surface area contributed by atoms with Crippen molar-refractivity contribution in [3.8, 4) is 0 Å². The number of alkyl halides is 1. The fourth-order valence-electron chi connectivity index (χ4n) is 3.10. The van der Waals surface area contributed by atoms with E-state index in [1.165, 1.54) is 44.5 Å². The molecule has 0 aliphatic carbocycles. The first-order valence-corrected chi connectivity index (χ1v) is 8.24. The Morgan fingerprint density at radius 2 is 1.95 bits per heavy atom. The van der Waals surface area contributed by atoms with Gasteiger partial charge in [0.15, 0.2) is 0 Å². The third-order valence-corrected chi connectivity index (χ3v) is 4.38. The van der Waals surface area contributed by atoms with Crippen LogP contribution in [0.2, 0.25) is 0 Å². The molecule has 2 heterocycles. The molecular formula is C16H21ClFN3. The standard InChI is InChI=1S/C16H21ClFN3/c17-7-6-16-19-14-12-13(18)4-5-15(14)21(16)11-10-20-8-2-1-3-9-20/h4-5,12H,1-3,6-11H2. The number of halogens is 2. The number of likely N-dealkylation sites (tertiary alicyclic amines) is 1. The van der Waals surface area contributed by atoms with Crippen LogP contribution in [0.25, 0.3) is 11.0 Å². The van der Waals surface area contributed by atoms with E-state index in [9.17, 15) is 4.39 Å². The monoisotopic (exact) mass is 309 g/mol. The number of aryl methyl sites for hydroxylation is 1. The van der Waals surface area contributed by atoms with Crippen molar-refractivity contribution in [3.05, 3.63) is 29.8 Å². The van der Waals surface area contributed by atoms with Gasteiger partial charge < -0.3 is 9.47 Å². The van der Waals surface area contributed by atoms with Crippen LogP contribution in [0, 0.1) is 5.82 Å². The average molecular weight is 310 g/mol. The predicted octanol–water partition coefficient (Wildman–Crippen LogP) is 3.44. The second kappa shape index (κ2) is 6.75. The number of benzene rings is 1. The van der Waals surface area contributed by atoms with Crippen LogP contribution >= 0.6 is 11.6 Å². The molecule has 1 aromatic carbocycles. The average Bonchev–Trinajstić information content (AvgIpc) is 2.83. The maximum absolute atomic E-state index is 13.4. The highest BCUT2D eigenvalue weighted by molar-refractivity contribution is 6.17. The minimum Gasteiger partial charge on any atom is -0.327 e. The molecule has 3 rings (SSSR count). The lowest BCUT2D eigenvalue weighted by Gasteiger charge is -2.26. The van der Waals surface area contributed by atoms with Crippen LogP contribution in [0.4, 0.5) is 4.39 Å². The van der Waals surface area contributed by atoms with Gasteiger partial charge in [-0.2, -0.15) is 0 Å². The molecule has 0 radical (unpaired) electrons. The fourth-order valence-corrected chi connectivity index (χ4v) is 3.27. The summed E-state index contributed by atoms with van der Waals surface area (Å²) in [5, 5.41) is 0. The van der Waals surface area contributed by atoms with Gasteiger partial charge in [0.05, 0.1) is 11.0 Å². The molecule has 1 saturated heterocycles. The van der Waals surface area contributed by atoms with Gasteiger partial charge in [0.1, 0.15) is 11.6 Å². The van der Waals surface area contributed by atoms with Gasteiger partial charge in [-0.1, -0.05) is 6.42 Å². The van der Waals surface area contributed by atoms with Crippen molar-refractivity contribution in [1.29, 1.82) is 0 Å². The van der Waals surface area contributed by atoms with E-state index in [0.717, 1.165) is 36.4 Å². The summed E-state index contributed by atoms with van der Waals surface area (Å²) in [6, 6.07) is 4.84. The van der Waals surface area contributed by atoms with E-state index in [2.05, 4.69) is 14.5 Å². The first-order chi connectivity index (χ1) is 10.3. The predicted molar refractivity (Wildman–Crippen MR) is 84.4 cm³/mol. The largest absolute Gasteiger partial charge is 0.327 e. The van der Waals surface area contributed by atoms with Crippen molar-refractivity contribution in [2.75, 3.05) is 25.5 Å². The van der Waals surface area contributed by atoms with Crippen molar-refractivity contribution >= 4 is 22.6 Å². The number of piperidine rings is 1. The Bertz CT molecular complexity index is 605. The first-order valence-electron chi connectivity index (χ1n) is 7.71. The molecular weight excluding hydrogens is 289 g/mol. The number of aromatic nitrogens is 2. The summed E-state index contributed by atoms with van der Waals surface area (Å²) in [6.07, 6.45) is 4.66. The summed E-state index contributed by atoms with van der Waals surface area (Å²) in [5.41, 5.74) is 1.74. The van der Waals surface area contributed by atoms with Crippen LogP contribution in [-0.4, -0.2) is 40.0 Å². The van der Waals surface area contributed by atoms with E-state index in [1.807, 2.05) is 6.07 Å². The number of hydrogen-bond donors (Lipinski definition) is 0. The van der Waals surface area contributed by atoms with Crippen molar-refractivity contribution in [3.63, 3.8) is 0 Å². The van der Waals surface area contributed by atoms with Gasteiger partial charge >= 0.3 is 0 Å². The normalized spacial score (nSPS) is 16.7. The molecule has 1 fully saturated rings. The van der Waals surface area contributed by atoms with Crippen LogP contribution in [0.1, 0.15) is 25.1 Å². The van der Waals surface area contributed by atoms with Crippen LogP contribution in [0.15, 0.2) is 18.2 Å². The van der Waals surface area contributed by atoms with Crippen molar-refractivity contribution in [1.82, 2.24) is 14.5 Å². The van der Waals surface area contributed by atoms with E-state index in [-0.39, 0.29) is 5.82 Å². The van der Waals surface area contributed by atoms with E-state index >= 15 is 0 Å². The Morgan fingerprint density at radius 3 is 2.71 bits per heavy atom. The number of nitrogens with zero attached hydrogens (tertiary/aromatic N) is 3. The molecule has 2 aromatic rings. The third-order valence-electron chi connectivity index (χ3n) is 4.20. The molecule has 3 nitrogen and oxygen atoms in total. The maximum atomic E-state index is 13.4. The summed E-state index contributed by atoms with van der Waals surface area (Å²) in [4.78, 5) is 7.05. The highest BCUT2D eigenvalue weighted by Gasteiger charge is 2.14. The molecule has 1 aliphatic rings. The second-order valence-corrected chi connectivity index (χ2v) is 6.03. The van der Waals surface area contributed by atoms with Crippen LogP contribution in [-0.2, 0) is 13.0 Å². The number of rotatable bonds is 5. The number of fused-ring (bicyclic) bond motifs is 1. The van der Waals surface area contributed by atoms with Gasteiger partial charge in [-0.25, -0.2) is 9.37 Å². The Balaban J connectivity index is 1.82. The summed E-state index contributed by atoms with van der Waals surface area (Å²) in [7, 11) is 0. The van der Waals surface area contributed by atoms with Crippen molar-refractivity contribution < 1.29 is 4.39 Å². The Kier molecular flexibility index (Phi) is 4.76. The maximum Gasteiger partial charge on any atom is 0.125 e. The Labute approximate surface area is 129 Å². The van der Waals surface area contributed by atoms with Gasteiger partial charge in [-0.05, 0) is 38.1 Å². The van der Waals surface area contributed by atoms with Gasteiger partial charge in [-0.3, -0.25) is 0 Å². The van der Waals surface area contributed by atoms with Crippen LogP contribution in [0.3, 0.4) is 0 Å². The zero-order valence-electron chi connectivity index (χ0n) is 12.2. The summed E-state index contributed by atoms with van der Waals surface area (Å²) in [5.74, 6) is 1.26. The molecule has 1 aromatic heterocycles. The highest BCUT2D eigenvalue weighted by Crippen LogP contribution is 2.19. The van der Waals surface area contributed by atoms with E-state index in [4.69, 9.17) is 11.6 Å². The second-order valence-electron chi connectivity index (χ2n) is 5.65. The van der Waals surface area contributed by atoms with Crippen LogP contribution in [0.5, 0.6) is 0 Å². The first kappa shape index (κ1) is 14.8. The Hall–Kier alpha value is -1.13. The molecule has 0 atom stereocenters. The van der Waals surface area contributed by atoms with Crippen molar-refractivity contribution in [2.24, 2.45) is 0 Å². The van der Waals surface area contributed by atoms with E-state index in [0.29, 0.717) is 5.88 Å². The van der Waals surface area contributed by atoms with Gasteiger partial charge in [0, 0.05) is 31.5 Å². The van der Waals surface area contributed by atoms with Crippen molar-refractivity contribution in [2.45, 2.75) is 32.2 Å². The Morgan fingerprint density at radius 1 is 1.14 bits per heavy atom. The lowest BCUT2D eigenvalue weighted by atomic mass is 10.1. The highest BCUT2D eigenvalue weighted by atomic mass is 35.5. The summed E-state index contributed by atoms with van der Waals surface area (Å²) < 4.78 is 15.6. The molecule has 5 heteroatoms. The van der Waals surface area contributed by atoms with Gasteiger partial charge in [-0.15, -0.1) is 11.6 Å². The smallest absolute Gasteiger partial charge is 0.125 e. The molecule has 0 amide bonds. The number of hydrogen-bond acceptors (Lipinski definition) is 2. The minimum atomic E-state index is -0.236. The quantitative estimate of drug-likeness (QED) is 0.789.